The molecule has 27 heavy (non-hydrogen) atoms. The van der Waals surface area contributed by atoms with Gasteiger partial charge in [0.25, 0.3) is 0 Å². The third kappa shape index (κ3) is 3.32. The Kier molecular flexibility index (Phi) is 4.43. The van der Waals surface area contributed by atoms with Gasteiger partial charge in [0, 0.05) is 37.5 Å². The van der Waals surface area contributed by atoms with E-state index in [1.54, 1.807) is 17.8 Å². The summed E-state index contributed by atoms with van der Waals surface area (Å²) < 4.78 is 3.59. The Morgan fingerprint density at radius 1 is 1.15 bits per heavy atom. The normalized spacial score (nSPS) is 14.6. The number of imidazole rings is 1. The fraction of sp³-hybridized carbons (Fsp3) is 0.350. The molecule has 0 aliphatic heterocycles. The number of aromatic nitrogens is 3. The minimum absolute atomic E-state index is 0.0171. The van der Waals surface area contributed by atoms with Crippen LogP contribution in [0.3, 0.4) is 0 Å². The lowest BCUT2D eigenvalue weighted by molar-refractivity contribution is -0.114. The Bertz CT molecular complexity index is 1060. The minimum Gasteiger partial charge on any atom is -0.340 e. The van der Waals surface area contributed by atoms with Crippen molar-refractivity contribution in [2.24, 2.45) is 7.05 Å². The molecule has 2 aromatic heterocycles. The molecular weight excluding hydrogens is 342 g/mol. The van der Waals surface area contributed by atoms with E-state index < -0.39 is 0 Å². The number of pyridine rings is 1. The van der Waals surface area contributed by atoms with Gasteiger partial charge < -0.3 is 10.6 Å². The fourth-order valence-electron chi connectivity index (χ4n) is 3.87. The molecule has 2 heterocycles. The molecule has 0 radical (unpaired) electrons. The first kappa shape index (κ1) is 17.3. The van der Waals surface area contributed by atoms with E-state index in [2.05, 4.69) is 15.6 Å². The van der Waals surface area contributed by atoms with Crippen LogP contribution in [0.2, 0.25) is 0 Å². The van der Waals surface area contributed by atoms with Crippen LogP contribution in [0.1, 0.15) is 38.6 Å². The summed E-state index contributed by atoms with van der Waals surface area (Å²) in [7, 11) is 1.79. The van der Waals surface area contributed by atoms with Crippen LogP contribution < -0.4 is 16.3 Å². The first-order valence-electron chi connectivity index (χ1n) is 9.24. The lowest BCUT2D eigenvalue weighted by Gasteiger charge is -2.12. The maximum absolute atomic E-state index is 12.7. The largest absolute Gasteiger partial charge is 0.340 e. The molecule has 3 aromatic rings. The van der Waals surface area contributed by atoms with Crippen molar-refractivity contribution in [1.29, 1.82) is 0 Å². The minimum atomic E-state index is -0.114. The SMILES string of the molecule is CC(=O)Nc1cccc(Nc2cc3c(cn2)n(C)c(=O)n3C2CCCC2)c1. The van der Waals surface area contributed by atoms with Gasteiger partial charge in [0.15, 0.2) is 0 Å². The molecule has 0 bridgehead atoms. The Balaban J connectivity index is 1.70. The highest BCUT2D eigenvalue weighted by Gasteiger charge is 2.23. The summed E-state index contributed by atoms with van der Waals surface area (Å²) in [5, 5.41) is 6.04. The Morgan fingerprint density at radius 2 is 1.89 bits per heavy atom. The predicted octanol–water partition coefficient (Wildman–Crippen LogP) is 3.55. The molecule has 2 N–H and O–H groups in total. The second-order valence-electron chi connectivity index (χ2n) is 7.10. The van der Waals surface area contributed by atoms with E-state index in [1.165, 1.54) is 19.8 Å². The summed E-state index contributed by atoms with van der Waals surface area (Å²) in [5.41, 5.74) is 3.30. The van der Waals surface area contributed by atoms with Crippen molar-refractivity contribution in [2.75, 3.05) is 10.6 Å². The van der Waals surface area contributed by atoms with Gasteiger partial charge in [-0.15, -0.1) is 0 Å². The highest BCUT2D eigenvalue weighted by atomic mass is 16.2. The van der Waals surface area contributed by atoms with Crippen molar-refractivity contribution in [3.8, 4) is 0 Å². The van der Waals surface area contributed by atoms with Crippen LogP contribution in [0.25, 0.3) is 11.0 Å². The molecule has 1 aromatic carbocycles. The number of rotatable bonds is 4. The zero-order valence-electron chi connectivity index (χ0n) is 15.5. The smallest absolute Gasteiger partial charge is 0.329 e. The van der Waals surface area contributed by atoms with Gasteiger partial charge in [-0.3, -0.25) is 13.9 Å². The third-order valence-electron chi connectivity index (χ3n) is 5.12. The van der Waals surface area contributed by atoms with Gasteiger partial charge in [-0.05, 0) is 31.0 Å². The number of hydrogen-bond acceptors (Lipinski definition) is 4. The van der Waals surface area contributed by atoms with Crippen molar-refractivity contribution in [2.45, 2.75) is 38.6 Å². The van der Waals surface area contributed by atoms with E-state index in [9.17, 15) is 9.59 Å². The topological polar surface area (TPSA) is 81.0 Å². The molecule has 1 amide bonds. The molecule has 1 aliphatic carbocycles. The van der Waals surface area contributed by atoms with E-state index in [0.717, 1.165) is 35.2 Å². The highest BCUT2D eigenvalue weighted by Crippen LogP contribution is 2.31. The summed E-state index contributed by atoms with van der Waals surface area (Å²) in [6.07, 6.45) is 6.16. The molecule has 0 unspecified atom stereocenters. The molecule has 0 atom stereocenters. The first-order chi connectivity index (χ1) is 13.0. The lowest BCUT2D eigenvalue weighted by atomic mass is 10.2. The number of hydrogen-bond donors (Lipinski definition) is 2. The van der Waals surface area contributed by atoms with E-state index in [1.807, 2.05) is 34.9 Å². The van der Waals surface area contributed by atoms with E-state index in [-0.39, 0.29) is 17.6 Å². The number of nitrogens with one attached hydrogen (secondary N) is 2. The summed E-state index contributed by atoms with van der Waals surface area (Å²) in [4.78, 5) is 28.4. The predicted molar refractivity (Wildman–Crippen MR) is 107 cm³/mol. The van der Waals surface area contributed by atoms with Crippen LogP contribution in [0.4, 0.5) is 17.2 Å². The molecule has 7 heteroatoms. The molecule has 0 spiro atoms. The summed E-state index contributed by atoms with van der Waals surface area (Å²) in [6.45, 7) is 1.48. The summed E-state index contributed by atoms with van der Waals surface area (Å²) >= 11 is 0. The van der Waals surface area contributed by atoms with E-state index in [4.69, 9.17) is 0 Å². The Labute approximate surface area is 157 Å². The van der Waals surface area contributed by atoms with Crippen molar-refractivity contribution in [3.05, 3.63) is 47.0 Å². The maximum atomic E-state index is 12.7. The summed E-state index contributed by atoms with van der Waals surface area (Å²) in [6, 6.07) is 9.65. The molecule has 1 aliphatic rings. The van der Waals surface area contributed by atoms with Gasteiger partial charge in [0.2, 0.25) is 5.91 Å². The van der Waals surface area contributed by atoms with Gasteiger partial charge in [0.05, 0.1) is 17.2 Å². The molecular formula is C20H23N5O2. The number of carbonyl (C=O) groups is 1. The van der Waals surface area contributed by atoms with Crippen molar-refractivity contribution in [1.82, 2.24) is 14.1 Å². The molecule has 4 rings (SSSR count). The second kappa shape index (κ2) is 6.90. The number of aryl methyl sites for hydroxylation is 1. The maximum Gasteiger partial charge on any atom is 0.329 e. The van der Waals surface area contributed by atoms with Gasteiger partial charge >= 0.3 is 5.69 Å². The second-order valence-corrected chi connectivity index (χ2v) is 7.10. The molecule has 0 saturated heterocycles. The van der Waals surface area contributed by atoms with E-state index in [0.29, 0.717) is 5.82 Å². The lowest BCUT2D eigenvalue weighted by Crippen LogP contribution is -2.24. The number of nitrogens with zero attached hydrogens (tertiary/aromatic N) is 3. The summed E-state index contributed by atoms with van der Waals surface area (Å²) in [5.74, 6) is 0.552. The quantitative estimate of drug-likeness (QED) is 0.741. The fourth-order valence-corrected chi connectivity index (χ4v) is 3.87. The Hall–Kier alpha value is -3.09. The number of carbonyl (C=O) groups excluding carboxylic acids is 1. The van der Waals surface area contributed by atoms with Gasteiger partial charge in [-0.25, -0.2) is 9.78 Å². The van der Waals surface area contributed by atoms with Crippen molar-refractivity contribution >= 4 is 34.1 Å². The number of amides is 1. The van der Waals surface area contributed by atoms with Crippen LogP contribution in [0.5, 0.6) is 0 Å². The number of benzene rings is 1. The first-order valence-corrected chi connectivity index (χ1v) is 9.24. The molecule has 1 saturated carbocycles. The van der Waals surface area contributed by atoms with Gasteiger partial charge in [-0.1, -0.05) is 18.9 Å². The van der Waals surface area contributed by atoms with Crippen LogP contribution in [-0.2, 0) is 11.8 Å². The van der Waals surface area contributed by atoms with Crippen molar-refractivity contribution < 1.29 is 4.79 Å². The molecule has 1 fully saturated rings. The average molecular weight is 365 g/mol. The zero-order valence-corrected chi connectivity index (χ0v) is 15.5. The van der Waals surface area contributed by atoms with Gasteiger partial charge in [0.1, 0.15) is 5.82 Å². The van der Waals surface area contributed by atoms with Gasteiger partial charge in [-0.2, -0.15) is 0 Å². The van der Waals surface area contributed by atoms with Crippen LogP contribution in [-0.4, -0.2) is 20.0 Å². The van der Waals surface area contributed by atoms with E-state index >= 15 is 0 Å². The number of fused-ring (bicyclic) bond motifs is 1. The van der Waals surface area contributed by atoms with Crippen LogP contribution in [0, 0.1) is 0 Å². The number of anilines is 3. The third-order valence-corrected chi connectivity index (χ3v) is 5.12. The molecule has 7 nitrogen and oxygen atoms in total. The van der Waals surface area contributed by atoms with Crippen LogP contribution >= 0.6 is 0 Å². The Morgan fingerprint density at radius 3 is 2.63 bits per heavy atom. The zero-order chi connectivity index (χ0) is 19.0. The van der Waals surface area contributed by atoms with Crippen LogP contribution in [0.15, 0.2) is 41.3 Å². The highest BCUT2D eigenvalue weighted by molar-refractivity contribution is 5.89. The standard InChI is InChI=1S/C20H23N5O2/c1-13(26)22-14-6-5-7-15(10-14)23-19-11-17-18(12-21-19)24(2)20(27)25(17)16-8-3-4-9-16/h5-7,10-12,16H,3-4,8-9H2,1-2H3,(H,21,23)(H,22,26). The monoisotopic (exact) mass is 365 g/mol. The van der Waals surface area contributed by atoms with Crippen molar-refractivity contribution in [3.63, 3.8) is 0 Å². The average Bonchev–Trinajstić information content (AvgIpc) is 3.22. The molecule has 140 valence electrons.